The van der Waals surface area contributed by atoms with Gasteiger partial charge in [-0.2, -0.15) is 0 Å². The van der Waals surface area contributed by atoms with Crippen LogP contribution in [0.4, 0.5) is 0 Å². The van der Waals surface area contributed by atoms with Gasteiger partial charge in [-0.25, -0.2) is 18.4 Å². The van der Waals surface area contributed by atoms with Crippen LogP contribution < -0.4 is 5.32 Å². The van der Waals surface area contributed by atoms with Gasteiger partial charge in [0.15, 0.2) is 15.8 Å². The van der Waals surface area contributed by atoms with Crippen molar-refractivity contribution >= 4 is 51.1 Å². The zero-order valence-electron chi connectivity index (χ0n) is 14.7. The summed E-state index contributed by atoms with van der Waals surface area (Å²) in [6.07, 6.45) is 0.937. The SMILES string of the molecule is CCNC(=NCc1csc(CC)n1)N1CCS(=O)(=O)C(C)(C)C1.I. The maximum atomic E-state index is 12.1. The molecule has 0 saturated carbocycles. The van der Waals surface area contributed by atoms with E-state index in [1.165, 1.54) is 0 Å². The second kappa shape index (κ2) is 8.79. The summed E-state index contributed by atoms with van der Waals surface area (Å²) in [4.78, 5) is 11.2. The van der Waals surface area contributed by atoms with Gasteiger partial charge >= 0.3 is 0 Å². The van der Waals surface area contributed by atoms with Gasteiger partial charge in [-0.3, -0.25) is 0 Å². The third-order valence-electron chi connectivity index (χ3n) is 3.97. The van der Waals surface area contributed by atoms with Gasteiger partial charge in [-0.15, -0.1) is 35.3 Å². The second-order valence-corrected chi connectivity index (χ2v) is 9.94. The van der Waals surface area contributed by atoms with Crippen molar-refractivity contribution in [3.05, 3.63) is 16.1 Å². The average Bonchev–Trinajstić information content (AvgIpc) is 2.94. The monoisotopic (exact) mass is 486 g/mol. The Balaban J connectivity index is 0.00000288. The molecule has 0 aromatic carbocycles. The van der Waals surface area contributed by atoms with Crippen LogP contribution in [0.25, 0.3) is 0 Å². The molecule has 24 heavy (non-hydrogen) atoms. The Morgan fingerprint density at radius 1 is 1.46 bits per heavy atom. The van der Waals surface area contributed by atoms with Gasteiger partial charge in [-0.05, 0) is 27.2 Å². The summed E-state index contributed by atoms with van der Waals surface area (Å²) in [6.45, 7) is 9.87. The molecule has 2 rings (SSSR count). The minimum absolute atomic E-state index is 0. The molecule has 0 unspecified atom stereocenters. The smallest absolute Gasteiger partial charge is 0.194 e. The molecular weight excluding hydrogens is 459 g/mol. The van der Waals surface area contributed by atoms with Crippen molar-refractivity contribution < 1.29 is 8.42 Å². The van der Waals surface area contributed by atoms with E-state index in [1.807, 2.05) is 17.2 Å². The quantitative estimate of drug-likeness (QED) is 0.402. The highest BCUT2D eigenvalue weighted by Crippen LogP contribution is 2.23. The number of nitrogens with one attached hydrogen (secondary N) is 1. The van der Waals surface area contributed by atoms with Crippen LogP contribution in [0.2, 0.25) is 0 Å². The predicted molar refractivity (Wildman–Crippen MR) is 111 cm³/mol. The largest absolute Gasteiger partial charge is 0.357 e. The van der Waals surface area contributed by atoms with E-state index < -0.39 is 14.6 Å². The first-order chi connectivity index (χ1) is 10.8. The number of hydrogen-bond acceptors (Lipinski definition) is 5. The maximum Gasteiger partial charge on any atom is 0.194 e. The van der Waals surface area contributed by atoms with E-state index in [0.717, 1.165) is 29.6 Å². The number of halogens is 1. The minimum atomic E-state index is -3.04. The zero-order valence-corrected chi connectivity index (χ0v) is 18.7. The molecule has 0 bridgehead atoms. The summed E-state index contributed by atoms with van der Waals surface area (Å²) in [5, 5.41) is 6.42. The van der Waals surface area contributed by atoms with Crippen molar-refractivity contribution in [3.8, 4) is 0 Å². The predicted octanol–water partition coefficient (Wildman–Crippen LogP) is 2.30. The van der Waals surface area contributed by atoms with Crippen LogP contribution in [0.15, 0.2) is 10.4 Å². The van der Waals surface area contributed by atoms with Crippen LogP contribution in [0, 0.1) is 0 Å². The van der Waals surface area contributed by atoms with Gasteiger partial charge in [0.05, 0.1) is 27.7 Å². The number of aromatic nitrogens is 1. The fourth-order valence-corrected chi connectivity index (χ4v) is 4.59. The molecule has 1 saturated heterocycles. The summed E-state index contributed by atoms with van der Waals surface area (Å²) >= 11 is 1.66. The molecule has 1 aliphatic rings. The van der Waals surface area contributed by atoms with Gasteiger partial charge in [0, 0.05) is 25.0 Å². The molecule has 1 fully saturated rings. The van der Waals surface area contributed by atoms with Crippen molar-refractivity contribution in [3.63, 3.8) is 0 Å². The van der Waals surface area contributed by atoms with Crippen LogP contribution in [-0.2, 0) is 22.8 Å². The number of nitrogens with zero attached hydrogens (tertiary/aromatic N) is 3. The fourth-order valence-electron chi connectivity index (χ4n) is 2.49. The molecule has 138 valence electrons. The first kappa shape index (κ1) is 21.6. The molecule has 1 N–H and O–H groups in total. The number of aliphatic imine (C=N–C) groups is 1. The van der Waals surface area contributed by atoms with E-state index >= 15 is 0 Å². The van der Waals surface area contributed by atoms with Crippen molar-refractivity contribution in [2.75, 3.05) is 25.4 Å². The van der Waals surface area contributed by atoms with Crippen LogP contribution in [0.5, 0.6) is 0 Å². The van der Waals surface area contributed by atoms with E-state index in [2.05, 4.69) is 22.2 Å². The topological polar surface area (TPSA) is 74.7 Å². The van der Waals surface area contributed by atoms with E-state index in [0.29, 0.717) is 19.6 Å². The first-order valence-electron chi connectivity index (χ1n) is 7.98. The molecule has 0 aliphatic carbocycles. The Morgan fingerprint density at radius 3 is 2.71 bits per heavy atom. The van der Waals surface area contributed by atoms with E-state index in [1.54, 1.807) is 25.2 Å². The van der Waals surface area contributed by atoms with Gasteiger partial charge in [-0.1, -0.05) is 6.92 Å². The Labute approximate surface area is 166 Å². The molecule has 2 heterocycles. The lowest BCUT2D eigenvalue weighted by molar-refractivity contribution is 0.353. The highest BCUT2D eigenvalue weighted by molar-refractivity contribution is 14.0. The molecule has 0 spiro atoms. The molecule has 1 aliphatic heterocycles. The van der Waals surface area contributed by atoms with Crippen molar-refractivity contribution in [1.29, 1.82) is 0 Å². The molecule has 0 amide bonds. The highest BCUT2D eigenvalue weighted by atomic mass is 127. The zero-order chi connectivity index (χ0) is 17.1. The first-order valence-corrected chi connectivity index (χ1v) is 10.5. The van der Waals surface area contributed by atoms with Gasteiger partial charge in [0.25, 0.3) is 0 Å². The van der Waals surface area contributed by atoms with Gasteiger partial charge in [0.1, 0.15) is 0 Å². The third kappa shape index (κ3) is 5.04. The minimum Gasteiger partial charge on any atom is -0.357 e. The second-order valence-electron chi connectivity index (χ2n) is 6.26. The molecule has 6 nitrogen and oxygen atoms in total. The summed E-state index contributed by atoms with van der Waals surface area (Å²) in [5.41, 5.74) is 0.964. The molecule has 0 atom stereocenters. The van der Waals surface area contributed by atoms with Gasteiger partial charge < -0.3 is 10.2 Å². The normalized spacial score (nSPS) is 19.7. The van der Waals surface area contributed by atoms with Crippen molar-refractivity contribution in [2.24, 2.45) is 4.99 Å². The number of aryl methyl sites for hydroxylation is 1. The lowest BCUT2D eigenvalue weighted by atomic mass is 10.2. The number of thiazole rings is 1. The average molecular weight is 486 g/mol. The Hall–Kier alpha value is -0.420. The summed E-state index contributed by atoms with van der Waals surface area (Å²) in [7, 11) is -3.04. The lowest BCUT2D eigenvalue weighted by Gasteiger charge is -2.39. The number of hydrogen-bond donors (Lipinski definition) is 1. The van der Waals surface area contributed by atoms with Crippen LogP contribution in [0.3, 0.4) is 0 Å². The van der Waals surface area contributed by atoms with Crippen molar-refractivity contribution in [1.82, 2.24) is 15.2 Å². The molecular formula is C15H27IN4O2S2. The summed E-state index contributed by atoms with van der Waals surface area (Å²) in [5.74, 6) is 0.933. The van der Waals surface area contributed by atoms with E-state index in [-0.39, 0.29) is 29.7 Å². The van der Waals surface area contributed by atoms with E-state index in [9.17, 15) is 8.42 Å². The Bertz CT molecular complexity index is 671. The third-order valence-corrected chi connectivity index (χ3v) is 7.55. The standard InChI is InChI=1S/C15H26N4O2S2.HI/c1-5-13-18-12(10-22-13)9-17-14(16-6-2)19-7-8-23(20,21)15(3,4)11-19;/h10H,5-9,11H2,1-4H3,(H,16,17);1H. The van der Waals surface area contributed by atoms with Gasteiger partial charge in [0.2, 0.25) is 0 Å². The maximum absolute atomic E-state index is 12.1. The number of guanidine groups is 1. The van der Waals surface area contributed by atoms with Crippen molar-refractivity contribution in [2.45, 2.75) is 45.4 Å². The van der Waals surface area contributed by atoms with Crippen LogP contribution >= 0.6 is 35.3 Å². The number of rotatable bonds is 4. The molecule has 0 radical (unpaired) electrons. The fraction of sp³-hybridized carbons (Fsp3) is 0.733. The van der Waals surface area contributed by atoms with Crippen LogP contribution in [0.1, 0.15) is 38.4 Å². The summed E-state index contributed by atoms with van der Waals surface area (Å²) < 4.78 is 23.5. The van der Waals surface area contributed by atoms with Crippen LogP contribution in [-0.4, -0.2) is 54.4 Å². The molecule has 1 aromatic rings. The Kier molecular flexibility index (Phi) is 7.92. The Morgan fingerprint density at radius 2 is 2.17 bits per heavy atom. The summed E-state index contributed by atoms with van der Waals surface area (Å²) in [6, 6.07) is 0. The van der Waals surface area contributed by atoms with E-state index in [4.69, 9.17) is 0 Å². The molecule has 1 aromatic heterocycles. The highest BCUT2D eigenvalue weighted by Gasteiger charge is 2.40. The number of sulfone groups is 1. The lowest BCUT2D eigenvalue weighted by Crippen LogP contribution is -2.57. The molecule has 9 heteroatoms.